The van der Waals surface area contributed by atoms with Crippen LogP contribution in [0, 0.1) is 0 Å². The van der Waals surface area contributed by atoms with Crippen molar-refractivity contribution in [3.8, 4) is 0 Å². The summed E-state index contributed by atoms with van der Waals surface area (Å²) in [7, 11) is 0. The van der Waals surface area contributed by atoms with Gasteiger partial charge in [0, 0.05) is 12.8 Å². The van der Waals surface area contributed by atoms with E-state index in [0.29, 0.717) is 12.2 Å². The minimum atomic E-state index is -8.37. The van der Waals surface area contributed by atoms with Crippen molar-refractivity contribution >= 4 is 0 Å². The molecule has 0 saturated heterocycles. The number of hydrogen-bond acceptors (Lipinski definition) is 0. The van der Waals surface area contributed by atoms with Gasteiger partial charge in [-0.25, -0.2) is 0 Å². The molecule has 196 valence electrons. The zero-order chi connectivity index (χ0) is 26.9. The van der Waals surface area contributed by atoms with Crippen molar-refractivity contribution in [2.24, 2.45) is 0 Å². The molecule has 0 aliphatic carbocycles. The van der Waals surface area contributed by atoms with Gasteiger partial charge < -0.3 is 0 Å². The second-order valence-corrected chi connectivity index (χ2v) is 6.74. The minimum Gasteiger partial charge on any atom is -0.200 e. The van der Waals surface area contributed by atoms with Crippen LogP contribution in [0.1, 0.15) is 33.1 Å². The van der Waals surface area contributed by atoms with Crippen LogP contribution in [0.25, 0.3) is 0 Å². The number of allylic oxidation sites excluding steroid dienone is 4. The Morgan fingerprint density at radius 3 is 1.06 bits per heavy atom. The van der Waals surface area contributed by atoms with Crippen LogP contribution in [0.4, 0.5) is 70.2 Å². The average molecular weight is 524 g/mol. The molecule has 0 radical (unpaired) electrons. The van der Waals surface area contributed by atoms with Gasteiger partial charge in [0.25, 0.3) is 0 Å². The maximum atomic E-state index is 13.7. The van der Waals surface area contributed by atoms with Crippen molar-refractivity contribution in [2.75, 3.05) is 0 Å². The fourth-order valence-corrected chi connectivity index (χ4v) is 2.23. The van der Waals surface area contributed by atoms with Crippen LogP contribution in [0.2, 0.25) is 0 Å². The molecule has 0 aromatic heterocycles. The van der Waals surface area contributed by atoms with Gasteiger partial charge in [-0.3, -0.25) is 0 Å². The molecule has 16 heteroatoms. The molecule has 0 heterocycles. The molecule has 0 aliphatic rings. The molecular formula is C17H16F16. The summed E-state index contributed by atoms with van der Waals surface area (Å²) in [6.45, 7) is 1.97. The summed E-state index contributed by atoms with van der Waals surface area (Å²) in [5.74, 6) is -60.5. The van der Waals surface area contributed by atoms with Crippen LogP contribution in [-0.4, -0.2) is 47.4 Å². The lowest BCUT2D eigenvalue weighted by Crippen LogP contribution is -2.74. The molecule has 0 atom stereocenters. The van der Waals surface area contributed by atoms with E-state index in [1.54, 1.807) is 0 Å². The van der Waals surface area contributed by atoms with Gasteiger partial charge in [-0.05, 0) is 20.3 Å². The molecule has 0 bridgehead atoms. The number of halogens is 16. The standard InChI is InChI=1S/C17H16F16/c1-3-5-7-9-11(20,21)13(24,25)15(28,29)17(32,33)16(30,31)14(26,27)12(22,23)10(18,19)8-6-4-2/h3-6H,7-9H2,1-2H3/b5-3+,6-4+. The highest BCUT2D eigenvalue weighted by Gasteiger charge is 2.94. The molecule has 0 rings (SSSR count). The van der Waals surface area contributed by atoms with Crippen LogP contribution in [0.15, 0.2) is 24.3 Å². The van der Waals surface area contributed by atoms with Gasteiger partial charge in [-0.15, -0.1) is 0 Å². The first-order valence-corrected chi connectivity index (χ1v) is 8.62. The van der Waals surface area contributed by atoms with E-state index >= 15 is 0 Å². The first kappa shape index (κ1) is 31.4. The van der Waals surface area contributed by atoms with E-state index in [9.17, 15) is 70.2 Å². The fraction of sp³-hybridized carbons (Fsp3) is 0.765. The maximum absolute atomic E-state index is 13.7. The SMILES string of the molecule is C/C=C/CCC(F)(F)C(F)(F)C(F)(F)C(F)(F)C(F)(F)C(F)(F)C(F)(F)C(F)(F)C/C=C/C. The highest BCUT2D eigenvalue weighted by Crippen LogP contribution is 2.64. The van der Waals surface area contributed by atoms with Crippen molar-refractivity contribution in [1.82, 2.24) is 0 Å². The Morgan fingerprint density at radius 1 is 0.424 bits per heavy atom. The van der Waals surface area contributed by atoms with Crippen molar-refractivity contribution in [3.05, 3.63) is 24.3 Å². The van der Waals surface area contributed by atoms with Crippen LogP contribution in [0.5, 0.6) is 0 Å². The third-order valence-electron chi connectivity index (χ3n) is 4.36. The van der Waals surface area contributed by atoms with E-state index in [1.165, 1.54) is 0 Å². The molecule has 0 spiro atoms. The summed E-state index contributed by atoms with van der Waals surface area (Å²) in [5.41, 5.74) is 0. The van der Waals surface area contributed by atoms with Crippen LogP contribution >= 0.6 is 0 Å². The topological polar surface area (TPSA) is 0 Å². The van der Waals surface area contributed by atoms with Gasteiger partial charge in [0.15, 0.2) is 0 Å². The van der Waals surface area contributed by atoms with E-state index in [4.69, 9.17) is 0 Å². The molecule has 0 aromatic carbocycles. The molecule has 0 nitrogen and oxygen atoms in total. The van der Waals surface area contributed by atoms with E-state index in [1.807, 2.05) is 0 Å². The summed E-state index contributed by atoms with van der Waals surface area (Å²) >= 11 is 0. The molecule has 33 heavy (non-hydrogen) atoms. The monoisotopic (exact) mass is 524 g/mol. The maximum Gasteiger partial charge on any atom is 0.384 e. The lowest BCUT2D eigenvalue weighted by atomic mass is 9.86. The van der Waals surface area contributed by atoms with Gasteiger partial charge >= 0.3 is 47.4 Å². The zero-order valence-corrected chi connectivity index (χ0v) is 16.5. The Kier molecular flexibility index (Phi) is 8.73. The van der Waals surface area contributed by atoms with Crippen molar-refractivity contribution < 1.29 is 70.2 Å². The molecule has 0 saturated carbocycles. The zero-order valence-electron chi connectivity index (χ0n) is 16.5. The van der Waals surface area contributed by atoms with Crippen LogP contribution in [-0.2, 0) is 0 Å². The molecule has 0 aliphatic heterocycles. The predicted molar refractivity (Wildman–Crippen MR) is 83.1 cm³/mol. The molecular weight excluding hydrogens is 508 g/mol. The summed E-state index contributed by atoms with van der Waals surface area (Å²) in [6, 6.07) is 0. The van der Waals surface area contributed by atoms with E-state index < -0.39 is 66.6 Å². The molecule has 0 amide bonds. The van der Waals surface area contributed by atoms with E-state index in [0.717, 1.165) is 19.9 Å². The van der Waals surface area contributed by atoms with Crippen molar-refractivity contribution in [1.29, 1.82) is 0 Å². The summed E-state index contributed by atoms with van der Waals surface area (Å²) in [6.07, 6.45) is -4.02. The fourth-order valence-electron chi connectivity index (χ4n) is 2.23. The predicted octanol–water partition coefficient (Wildman–Crippen LogP) is 8.39. The van der Waals surface area contributed by atoms with Gasteiger partial charge in [0.2, 0.25) is 0 Å². The lowest BCUT2D eigenvalue weighted by molar-refractivity contribution is -0.453. The summed E-state index contributed by atoms with van der Waals surface area (Å²) < 4.78 is 217. The summed E-state index contributed by atoms with van der Waals surface area (Å²) in [5, 5.41) is 0. The van der Waals surface area contributed by atoms with E-state index in [-0.39, 0.29) is 6.08 Å². The molecule has 0 aromatic rings. The number of rotatable bonds is 12. The van der Waals surface area contributed by atoms with Crippen LogP contribution in [0.3, 0.4) is 0 Å². The number of hydrogen-bond donors (Lipinski definition) is 0. The number of alkyl halides is 16. The quantitative estimate of drug-likeness (QED) is 0.178. The molecule has 0 fully saturated rings. The molecule has 0 unspecified atom stereocenters. The summed E-state index contributed by atoms with van der Waals surface area (Å²) in [4.78, 5) is 0. The average Bonchev–Trinajstić information content (AvgIpc) is 2.65. The lowest BCUT2D eigenvalue weighted by Gasteiger charge is -2.43. The Morgan fingerprint density at radius 2 is 0.727 bits per heavy atom. The van der Waals surface area contributed by atoms with Crippen molar-refractivity contribution in [2.45, 2.75) is 80.5 Å². The normalized spacial score (nSPS) is 16.3. The Hall–Kier alpha value is -1.64. The minimum absolute atomic E-state index is 0.00562. The Labute approximate surface area is 176 Å². The van der Waals surface area contributed by atoms with Gasteiger partial charge in [0.1, 0.15) is 0 Å². The molecule has 0 N–H and O–H groups in total. The highest BCUT2D eigenvalue weighted by atomic mass is 19.4. The van der Waals surface area contributed by atoms with E-state index in [2.05, 4.69) is 0 Å². The second-order valence-electron chi connectivity index (χ2n) is 6.74. The van der Waals surface area contributed by atoms with Crippen molar-refractivity contribution in [3.63, 3.8) is 0 Å². The first-order valence-electron chi connectivity index (χ1n) is 8.62. The van der Waals surface area contributed by atoms with Gasteiger partial charge in [-0.2, -0.15) is 70.2 Å². The third kappa shape index (κ3) is 4.66. The third-order valence-corrected chi connectivity index (χ3v) is 4.36. The second kappa shape index (κ2) is 9.19. The largest absolute Gasteiger partial charge is 0.384 e. The Bertz CT molecular complexity index is 717. The van der Waals surface area contributed by atoms with Gasteiger partial charge in [-0.1, -0.05) is 24.3 Å². The highest BCUT2D eigenvalue weighted by molar-refractivity contribution is 5.16. The van der Waals surface area contributed by atoms with Crippen LogP contribution < -0.4 is 0 Å². The smallest absolute Gasteiger partial charge is 0.200 e. The van der Waals surface area contributed by atoms with Gasteiger partial charge in [0.05, 0.1) is 0 Å². The Balaban J connectivity index is 6.63. The first-order chi connectivity index (χ1) is 14.4.